The van der Waals surface area contributed by atoms with Crippen molar-refractivity contribution in [1.82, 2.24) is 9.97 Å². The third-order valence-electron chi connectivity index (χ3n) is 4.11. The van der Waals surface area contributed by atoms with E-state index in [0.29, 0.717) is 27.2 Å². The van der Waals surface area contributed by atoms with Crippen LogP contribution in [0.3, 0.4) is 0 Å². The number of fused-ring (bicyclic) bond motifs is 1. The number of rotatable bonds is 5. The minimum Gasteiger partial charge on any atom is -0.325 e. The molecule has 0 aliphatic carbocycles. The molecule has 1 aliphatic heterocycles. The summed E-state index contributed by atoms with van der Waals surface area (Å²) in [7, 11) is 0. The monoisotopic (exact) mass is 404 g/mol. The Labute approximate surface area is 164 Å². The van der Waals surface area contributed by atoms with E-state index in [9.17, 15) is 14.4 Å². The molecule has 0 unspecified atom stereocenters. The third-order valence-corrected chi connectivity index (χ3v) is 5.39. The normalized spacial score (nSPS) is 15.6. The molecule has 7 nitrogen and oxygen atoms in total. The Morgan fingerprint density at radius 2 is 2.26 bits per heavy atom. The number of aromatic nitrogens is 2. The minimum absolute atomic E-state index is 0.115. The maximum absolute atomic E-state index is 12.8. The number of H-pyrrole nitrogens is 1. The lowest BCUT2D eigenvalue weighted by Gasteiger charge is -2.23. The molecule has 0 saturated heterocycles. The van der Waals surface area contributed by atoms with Crippen LogP contribution < -0.4 is 16.2 Å². The molecule has 1 atom stereocenters. The highest BCUT2D eigenvalue weighted by Crippen LogP contribution is 2.31. The summed E-state index contributed by atoms with van der Waals surface area (Å²) < 4.78 is 0. The molecule has 0 spiro atoms. The number of hydrogen-bond acceptors (Lipinski definition) is 5. The summed E-state index contributed by atoms with van der Waals surface area (Å²) >= 11 is 7.36. The van der Waals surface area contributed by atoms with Crippen molar-refractivity contribution in [3.8, 4) is 0 Å². The zero-order valence-electron chi connectivity index (χ0n) is 14.5. The fourth-order valence-corrected chi connectivity index (χ4v) is 3.51. The number of hydrogen-bond donors (Lipinski definition) is 3. The molecular formula is C18H17ClN4O3S. The number of aromatic amines is 1. The predicted molar refractivity (Wildman–Crippen MR) is 107 cm³/mol. The average Bonchev–Trinajstić information content (AvgIpc) is 2.62. The Bertz CT molecular complexity index is 989. The van der Waals surface area contributed by atoms with Crippen molar-refractivity contribution in [2.24, 2.45) is 0 Å². The molecule has 2 heterocycles. The van der Waals surface area contributed by atoms with E-state index in [1.165, 1.54) is 11.8 Å². The number of amides is 2. The zero-order chi connectivity index (χ0) is 19.6. The van der Waals surface area contributed by atoms with Crippen molar-refractivity contribution in [3.63, 3.8) is 0 Å². The average molecular weight is 405 g/mol. The second-order valence-corrected chi connectivity index (χ2v) is 7.36. The molecule has 1 aromatic carbocycles. The van der Waals surface area contributed by atoms with Gasteiger partial charge in [0.25, 0.3) is 5.56 Å². The van der Waals surface area contributed by atoms with Crippen molar-refractivity contribution in [2.75, 3.05) is 16.4 Å². The number of thioether (sulfide) groups is 1. The van der Waals surface area contributed by atoms with Gasteiger partial charge in [-0.25, -0.2) is 4.98 Å². The second kappa shape index (κ2) is 7.98. The Balaban J connectivity index is 1.94. The van der Waals surface area contributed by atoms with Gasteiger partial charge >= 0.3 is 0 Å². The molecule has 2 amide bonds. The molecule has 140 valence electrons. The maximum atomic E-state index is 12.8. The van der Waals surface area contributed by atoms with Gasteiger partial charge in [0.05, 0.1) is 11.5 Å². The standard InChI is InChI=1S/C18H17ClN4O3S/c1-3-7-27-18-22-15-14(17(26)23-18)10(8-13(24)21-15)16(25)20-12-6-4-5-11(19)9(12)2/h3-6,10H,1,7-8H2,2H3,(H,20,25)(H2,21,22,23,24,26)/t10-/m0/s1. The zero-order valence-corrected chi connectivity index (χ0v) is 16.0. The van der Waals surface area contributed by atoms with Gasteiger partial charge in [0, 0.05) is 22.9 Å². The van der Waals surface area contributed by atoms with E-state index < -0.39 is 17.4 Å². The Hall–Kier alpha value is -2.58. The first-order valence-electron chi connectivity index (χ1n) is 8.14. The molecule has 0 radical (unpaired) electrons. The van der Waals surface area contributed by atoms with Gasteiger partial charge in [0.15, 0.2) is 5.16 Å². The first kappa shape index (κ1) is 19.2. The fraction of sp³-hybridized carbons (Fsp3) is 0.222. The lowest BCUT2D eigenvalue weighted by Crippen LogP contribution is -2.36. The van der Waals surface area contributed by atoms with E-state index in [2.05, 4.69) is 27.2 Å². The van der Waals surface area contributed by atoms with E-state index in [4.69, 9.17) is 11.6 Å². The lowest BCUT2D eigenvalue weighted by molar-refractivity contribution is -0.123. The SMILES string of the molecule is C=CCSc1nc2c(c(=O)[nH]1)[C@@H](C(=O)Nc1cccc(Cl)c1C)CC(=O)N2. The predicted octanol–water partition coefficient (Wildman–Crippen LogP) is 3.07. The molecule has 3 N–H and O–H groups in total. The van der Waals surface area contributed by atoms with Crippen LogP contribution in [0.5, 0.6) is 0 Å². The number of halogens is 1. The first-order chi connectivity index (χ1) is 12.9. The van der Waals surface area contributed by atoms with E-state index in [1.807, 2.05) is 0 Å². The highest BCUT2D eigenvalue weighted by molar-refractivity contribution is 7.99. The van der Waals surface area contributed by atoms with E-state index in [0.717, 1.165) is 0 Å². The molecule has 1 aliphatic rings. The van der Waals surface area contributed by atoms with Crippen LogP contribution in [-0.2, 0) is 9.59 Å². The van der Waals surface area contributed by atoms with Gasteiger partial charge in [-0.1, -0.05) is 35.5 Å². The summed E-state index contributed by atoms with van der Waals surface area (Å²) in [5, 5.41) is 6.20. The van der Waals surface area contributed by atoms with Gasteiger partial charge < -0.3 is 15.6 Å². The molecule has 27 heavy (non-hydrogen) atoms. The summed E-state index contributed by atoms with van der Waals surface area (Å²) in [5.74, 6) is -1.11. The number of nitrogens with one attached hydrogen (secondary N) is 3. The lowest BCUT2D eigenvalue weighted by atomic mass is 9.92. The second-order valence-electron chi connectivity index (χ2n) is 5.94. The molecule has 0 bridgehead atoms. The van der Waals surface area contributed by atoms with Gasteiger partial charge in [-0.2, -0.15) is 0 Å². The van der Waals surface area contributed by atoms with Crippen molar-refractivity contribution >= 4 is 46.7 Å². The summed E-state index contributed by atoms with van der Waals surface area (Å²) in [5.41, 5.74) is 0.933. The molecule has 2 aromatic rings. The van der Waals surface area contributed by atoms with E-state index in [1.54, 1.807) is 31.2 Å². The van der Waals surface area contributed by atoms with E-state index in [-0.39, 0.29) is 23.7 Å². The molecule has 0 fully saturated rings. The Morgan fingerprint density at radius 1 is 1.48 bits per heavy atom. The molecular weight excluding hydrogens is 388 g/mol. The third kappa shape index (κ3) is 4.06. The maximum Gasteiger partial charge on any atom is 0.257 e. The fourth-order valence-electron chi connectivity index (χ4n) is 2.74. The quantitative estimate of drug-likeness (QED) is 0.403. The van der Waals surface area contributed by atoms with Crippen LogP contribution in [-0.4, -0.2) is 27.5 Å². The van der Waals surface area contributed by atoms with E-state index >= 15 is 0 Å². The number of anilines is 2. The smallest absolute Gasteiger partial charge is 0.257 e. The topological polar surface area (TPSA) is 104 Å². The van der Waals surface area contributed by atoms with Crippen LogP contribution in [0.2, 0.25) is 5.02 Å². The Morgan fingerprint density at radius 3 is 3.00 bits per heavy atom. The van der Waals surface area contributed by atoms with Crippen LogP contribution in [0.1, 0.15) is 23.5 Å². The summed E-state index contributed by atoms with van der Waals surface area (Å²) in [6, 6.07) is 5.14. The van der Waals surface area contributed by atoms with Gasteiger partial charge in [0.1, 0.15) is 5.82 Å². The van der Waals surface area contributed by atoms with Crippen LogP contribution in [0.25, 0.3) is 0 Å². The summed E-state index contributed by atoms with van der Waals surface area (Å²) in [6.07, 6.45) is 1.54. The minimum atomic E-state index is -0.943. The van der Waals surface area contributed by atoms with Gasteiger partial charge in [-0.3, -0.25) is 14.4 Å². The highest BCUT2D eigenvalue weighted by atomic mass is 35.5. The van der Waals surface area contributed by atoms with Crippen molar-refractivity contribution in [2.45, 2.75) is 24.4 Å². The van der Waals surface area contributed by atoms with Crippen LogP contribution in [0.15, 0.2) is 40.8 Å². The van der Waals surface area contributed by atoms with Crippen LogP contribution in [0.4, 0.5) is 11.5 Å². The Kier molecular flexibility index (Phi) is 5.67. The van der Waals surface area contributed by atoms with Crippen LogP contribution >= 0.6 is 23.4 Å². The van der Waals surface area contributed by atoms with Gasteiger partial charge in [0.2, 0.25) is 11.8 Å². The number of carbonyl (C=O) groups excluding carboxylic acids is 2. The van der Waals surface area contributed by atoms with Crippen LogP contribution in [0, 0.1) is 6.92 Å². The van der Waals surface area contributed by atoms with Crippen molar-refractivity contribution < 1.29 is 9.59 Å². The molecule has 0 saturated carbocycles. The summed E-state index contributed by atoms with van der Waals surface area (Å²) in [4.78, 5) is 44.3. The molecule has 1 aromatic heterocycles. The number of benzene rings is 1. The number of nitrogens with zero attached hydrogens (tertiary/aromatic N) is 1. The summed E-state index contributed by atoms with van der Waals surface area (Å²) in [6.45, 7) is 5.39. The van der Waals surface area contributed by atoms with Crippen molar-refractivity contribution in [1.29, 1.82) is 0 Å². The van der Waals surface area contributed by atoms with Crippen molar-refractivity contribution in [3.05, 3.63) is 57.4 Å². The highest BCUT2D eigenvalue weighted by Gasteiger charge is 2.35. The molecule has 3 rings (SSSR count). The largest absolute Gasteiger partial charge is 0.325 e. The first-order valence-corrected chi connectivity index (χ1v) is 9.50. The molecule has 9 heteroatoms. The van der Waals surface area contributed by atoms with Gasteiger partial charge in [-0.15, -0.1) is 6.58 Å². The van der Waals surface area contributed by atoms with Gasteiger partial charge in [-0.05, 0) is 24.6 Å². The number of carbonyl (C=O) groups is 2.